The van der Waals surface area contributed by atoms with Crippen LogP contribution in [-0.4, -0.2) is 74.2 Å². The molecule has 25 heavy (non-hydrogen) atoms. The summed E-state index contributed by atoms with van der Waals surface area (Å²) in [6, 6.07) is 1.21. The molecule has 5 nitrogen and oxygen atoms in total. The number of nitrogens with one attached hydrogen (secondary N) is 2. The van der Waals surface area contributed by atoms with Gasteiger partial charge in [0.2, 0.25) is 0 Å². The third-order valence-electron chi connectivity index (χ3n) is 4.90. The molecule has 1 saturated heterocycles. The first-order valence-corrected chi connectivity index (χ1v) is 9.90. The van der Waals surface area contributed by atoms with Crippen LogP contribution in [-0.2, 0) is 0 Å². The van der Waals surface area contributed by atoms with Crippen LogP contribution in [0.25, 0.3) is 0 Å². The van der Waals surface area contributed by atoms with Gasteiger partial charge in [-0.1, -0.05) is 6.92 Å². The fraction of sp³-hybridized carbons (Fsp3) is 0.947. The molecule has 0 aromatic carbocycles. The van der Waals surface area contributed by atoms with Crippen LogP contribution in [0.2, 0.25) is 0 Å². The summed E-state index contributed by atoms with van der Waals surface area (Å²) in [5.41, 5.74) is 0. The predicted molar refractivity (Wildman–Crippen MR) is 121 cm³/mol. The molecule has 0 aromatic rings. The fourth-order valence-corrected chi connectivity index (χ4v) is 3.64. The SMILES string of the molecule is CCCN1CCC(CNC(=NC)NCCCN(C(C)C)C(C)C)C1.I. The lowest BCUT2D eigenvalue weighted by molar-refractivity contribution is 0.173. The van der Waals surface area contributed by atoms with Crippen molar-refractivity contribution in [1.82, 2.24) is 20.4 Å². The molecule has 6 heteroatoms. The average molecular weight is 467 g/mol. The van der Waals surface area contributed by atoms with Gasteiger partial charge >= 0.3 is 0 Å². The zero-order valence-corrected chi connectivity index (χ0v) is 19.7. The second-order valence-corrected chi connectivity index (χ2v) is 7.61. The molecule has 0 bridgehead atoms. The Morgan fingerprint density at radius 2 is 1.88 bits per heavy atom. The molecule has 0 aliphatic carbocycles. The molecule has 1 aliphatic heterocycles. The first kappa shape index (κ1) is 24.9. The molecule has 0 radical (unpaired) electrons. The van der Waals surface area contributed by atoms with Crippen LogP contribution < -0.4 is 10.6 Å². The first-order valence-electron chi connectivity index (χ1n) is 9.90. The largest absolute Gasteiger partial charge is 0.356 e. The third kappa shape index (κ3) is 9.99. The topological polar surface area (TPSA) is 42.9 Å². The second kappa shape index (κ2) is 14.0. The van der Waals surface area contributed by atoms with Crippen molar-refractivity contribution in [1.29, 1.82) is 0 Å². The summed E-state index contributed by atoms with van der Waals surface area (Å²) >= 11 is 0. The van der Waals surface area contributed by atoms with Gasteiger partial charge in [0.05, 0.1) is 0 Å². The lowest BCUT2D eigenvalue weighted by Crippen LogP contribution is -2.42. The zero-order chi connectivity index (χ0) is 17.9. The van der Waals surface area contributed by atoms with Gasteiger partial charge in [0.15, 0.2) is 5.96 Å². The van der Waals surface area contributed by atoms with Crippen LogP contribution in [0, 0.1) is 5.92 Å². The maximum absolute atomic E-state index is 4.36. The second-order valence-electron chi connectivity index (χ2n) is 7.61. The number of guanidine groups is 1. The highest BCUT2D eigenvalue weighted by Crippen LogP contribution is 2.15. The maximum Gasteiger partial charge on any atom is 0.190 e. The van der Waals surface area contributed by atoms with E-state index in [1.54, 1.807) is 0 Å². The van der Waals surface area contributed by atoms with Crippen molar-refractivity contribution < 1.29 is 0 Å². The molecule has 2 N–H and O–H groups in total. The van der Waals surface area contributed by atoms with Crippen LogP contribution in [0.4, 0.5) is 0 Å². The summed E-state index contributed by atoms with van der Waals surface area (Å²) in [7, 11) is 1.86. The Kier molecular flexibility index (Phi) is 14.0. The number of halogens is 1. The maximum atomic E-state index is 4.36. The summed E-state index contributed by atoms with van der Waals surface area (Å²) in [5, 5.41) is 6.97. The third-order valence-corrected chi connectivity index (χ3v) is 4.90. The normalized spacial score (nSPS) is 18.9. The Morgan fingerprint density at radius 1 is 1.20 bits per heavy atom. The van der Waals surface area contributed by atoms with Gasteiger partial charge in [-0.05, 0) is 66.0 Å². The minimum atomic E-state index is 0. The van der Waals surface area contributed by atoms with Gasteiger partial charge in [0, 0.05) is 45.3 Å². The zero-order valence-electron chi connectivity index (χ0n) is 17.3. The highest BCUT2D eigenvalue weighted by atomic mass is 127. The number of hydrogen-bond donors (Lipinski definition) is 2. The van der Waals surface area contributed by atoms with E-state index in [4.69, 9.17) is 0 Å². The quantitative estimate of drug-likeness (QED) is 0.224. The Morgan fingerprint density at radius 3 is 2.44 bits per heavy atom. The molecule has 0 aromatic heterocycles. The molecule has 1 heterocycles. The fourth-order valence-electron chi connectivity index (χ4n) is 3.64. The highest BCUT2D eigenvalue weighted by Gasteiger charge is 2.21. The molecule has 0 saturated carbocycles. The summed E-state index contributed by atoms with van der Waals surface area (Å²) < 4.78 is 0. The van der Waals surface area contributed by atoms with Crippen molar-refractivity contribution in [2.75, 3.05) is 46.3 Å². The molecular weight excluding hydrogens is 425 g/mol. The van der Waals surface area contributed by atoms with Gasteiger partial charge < -0.3 is 15.5 Å². The Labute approximate surface area is 173 Å². The summed E-state index contributed by atoms with van der Waals surface area (Å²) in [6.45, 7) is 18.2. The molecule has 1 atom stereocenters. The van der Waals surface area contributed by atoms with E-state index in [0.717, 1.165) is 37.9 Å². The minimum Gasteiger partial charge on any atom is -0.356 e. The number of rotatable bonds is 10. The van der Waals surface area contributed by atoms with Gasteiger partial charge in [-0.15, -0.1) is 24.0 Å². The molecule has 1 rings (SSSR count). The van der Waals surface area contributed by atoms with E-state index < -0.39 is 0 Å². The van der Waals surface area contributed by atoms with E-state index in [0.29, 0.717) is 12.1 Å². The van der Waals surface area contributed by atoms with E-state index in [1.165, 1.54) is 32.5 Å². The Hall–Kier alpha value is -0.0800. The molecule has 1 aliphatic rings. The van der Waals surface area contributed by atoms with E-state index in [1.807, 2.05) is 7.05 Å². The van der Waals surface area contributed by atoms with Crippen LogP contribution in [0.1, 0.15) is 53.9 Å². The van der Waals surface area contributed by atoms with E-state index in [9.17, 15) is 0 Å². The van der Waals surface area contributed by atoms with Gasteiger partial charge in [-0.3, -0.25) is 9.89 Å². The van der Waals surface area contributed by atoms with Crippen molar-refractivity contribution >= 4 is 29.9 Å². The number of hydrogen-bond acceptors (Lipinski definition) is 3. The minimum absolute atomic E-state index is 0. The smallest absolute Gasteiger partial charge is 0.190 e. The van der Waals surface area contributed by atoms with Crippen LogP contribution in [0.5, 0.6) is 0 Å². The van der Waals surface area contributed by atoms with Gasteiger partial charge in [-0.2, -0.15) is 0 Å². The van der Waals surface area contributed by atoms with Crippen LogP contribution in [0.15, 0.2) is 4.99 Å². The number of nitrogens with zero attached hydrogens (tertiary/aromatic N) is 3. The molecule has 150 valence electrons. The van der Waals surface area contributed by atoms with Crippen molar-refractivity contribution in [3.63, 3.8) is 0 Å². The first-order chi connectivity index (χ1) is 11.5. The van der Waals surface area contributed by atoms with Crippen LogP contribution in [0.3, 0.4) is 0 Å². The molecule has 0 spiro atoms. The lowest BCUT2D eigenvalue weighted by Gasteiger charge is -2.30. The summed E-state index contributed by atoms with van der Waals surface area (Å²) in [6.07, 6.45) is 3.71. The monoisotopic (exact) mass is 467 g/mol. The average Bonchev–Trinajstić information content (AvgIpc) is 2.97. The molecule has 1 fully saturated rings. The summed E-state index contributed by atoms with van der Waals surface area (Å²) in [4.78, 5) is 9.48. The number of aliphatic imine (C=N–C) groups is 1. The van der Waals surface area contributed by atoms with Gasteiger partial charge in [0.1, 0.15) is 0 Å². The van der Waals surface area contributed by atoms with Gasteiger partial charge in [-0.25, -0.2) is 0 Å². The highest BCUT2D eigenvalue weighted by molar-refractivity contribution is 14.0. The van der Waals surface area contributed by atoms with Gasteiger partial charge in [0.25, 0.3) is 0 Å². The van der Waals surface area contributed by atoms with Crippen LogP contribution >= 0.6 is 24.0 Å². The van der Waals surface area contributed by atoms with Crippen molar-refractivity contribution in [2.24, 2.45) is 10.9 Å². The molecule has 1 unspecified atom stereocenters. The Bertz CT molecular complexity index is 352. The Balaban J connectivity index is 0.00000576. The predicted octanol–water partition coefficient (Wildman–Crippen LogP) is 3.01. The van der Waals surface area contributed by atoms with Crippen molar-refractivity contribution in [3.05, 3.63) is 0 Å². The van der Waals surface area contributed by atoms with E-state index in [-0.39, 0.29) is 24.0 Å². The van der Waals surface area contributed by atoms with E-state index in [2.05, 4.69) is 60.0 Å². The van der Waals surface area contributed by atoms with E-state index >= 15 is 0 Å². The number of likely N-dealkylation sites (tertiary alicyclic amines) is 1. The standard InChI is InChI=1S/C19H41N5.HI/c1-7-11-23-13-9-18(15-23)14-22-19(20-6)21-10-8-12-24(16(2)3)17(4)5;/h16-18H,7-15H2,1-6H3,(H2,20,21,22);1H. The molecular formula is C19H42IN5. The molecule has 0 amide bonds. The van der Waals surface area contributed by atoms with Crippen molar-refractivity contribution in [3.8, 4) is 0 Å². The van der Waals surface area contributed by atoms with Crippen molar-refractivity contribution in [2.45, 2.75) is 66.0 Å². The lowest BCUT2D eigenvalue weighted by atomic mass is 10.1. The summed E-state index contributed by atoms with van der Waals surface area (Å²) in [5.74, 6) is 1.71.